The van der Waals surface area contributed by atoms with E-state index in [-0.39, 0.29) is 0 Å². The minimum Gasteiger partial charge on any atom is -0.377 e. The summed E-state index contributed by atoms with van der Waals surface area (Å²) < 4.78 is 5.77. The SMILES string of the molecule is CCCNCc1ccc(CN2CCCC(OCC)C2)cc1. The van der Waals surface area contributed by atoms with Crippen LogP contribution in [-0.4, -0.2) is 37.2 Å². The molecule has 1 atom stereocenters. The van der Waals surface area contributed by atoms with Crippen molar-refractivity contribution in [3.05, 3.63) is 35.4 Å². The fourth-order valence-electron chi connectivity index (χ4n) is 2.96. The third-order valence-electron chi connectivity index (χ3n) is 4.05. The van der Waals surface area contributed by atoms with Gasteiger partial charge in [-0.1, -0.05) is 31.2 Å². The number of likely N-dealkylation sites (tertiary alicyclic amines) is 1. The zero-order valence-corrected chi connectivity index (χ0v) is 13.6. The number of hydrogen-bond acceptors (Lipinski definition) is 3. The average molecular weight is 290 g/mol. The molecule has 0 aliphatic carbocycles. The zero-order valence-electron chi connectivity index (χ0n) is 13.6. The summed E-state index contributed by atoms with van der Waals surface area (Å²) in [7, 11) is 0. The third kappa shape index (κ3) is 5.77. The Balaban J connectivity index is 1.79. The first kappa shape index (κ1) is 16.5. The molecule has 0 spiro atoms. The Bertz CT molecular complexity index is 389. The van der Waals surface area contributed by atoms with E-state index in [1.165, 1.54) is 36.9 Å². The van der Waals surface area contributed by atoms with Gasteiger partial charge in [0.25, 0.3) is 0 Å². The lowest BCUT2D eigenvalue weighted by molar-refractivity contribution is 0.00363. The largest absolute Gasteiger partial charge is 0.377 e. The molecule has 3 heteroatoms. The smallest absolute Gasteiger partial charge is 0.0702 e. The Hall–Kier alpha value is -0.900. The van der Waals surface area contributed by atoms with Crippen LogP contribution >= 0.6 is 0 Å². The highest BCUT2D eigenvalue weighted by Gasteiger charge is 2.19. The van der Waals surface area contributed by atoms with E-state index in [4.69, 9.17) is 4.74 Å². The van der Waals surface area contributed by atoms with Gasteiger partial charge in [-0.2, -0.15) is 0 Å². The van der Waals surface area contributed by atoms with Gasteiger partial charge < -0.3 is 10.1 Å². The van der Waals surface area contributed by atoms with Crippen LogP contribution in [0.2, 0.25) is 0 Å². The minimum absolute atomic E-state index is 0.432. The molecule has 0 saturated carbocycles. The van der Waals surface area contributed by atoms with Crippen LogP contribution in [-0.2, 0) is 17.8 Å². The number of nitrogens with one attached hydrogen (secondary N) is 1. The molecule has 21 heavy (non-hydrogen) atoms. The van der Waals surface area contributed by atoms with Crippen LogP contribution in [0, 0.1) is 0 Å². The fourth-order valence-corrected chi connectivity index (χ4v) is 2.96. The van der Waals surface area contributed by atoms with Crippen molar-refractivity contribution in [1.82, 2.24) is 10.2 Å². The summed E-state index contributed by atoms with van der Waals surface area (Å²) in [6, 6.07) is 9.05. The van der Waals surface area contributed by atoms with Crippen LogP contribution in [0.1, 0.15) is 44.2 Å². The van der Waals surface area contributed by atoms with Gasteiger partial charge in [-0.05, 0) is 50.4 Å². The molecular weight excluding hydrogens is 260 g/mol. The van der Waals surface area contributed by atoms with Crippen molar-refractivity contribution < 1.29 is 4.74 Å². The average Bonchev–Trinajstić information content (AvgIpc) is 2.50. The van der Waals surface area contributed by atoms with Gasteiger partial charge in [0, 0.05) is 26.2 Å². The van der Waals surface area contributed by atoms with E-state index in [0.29, 0.717) is 6.10 Å². The van der Waals surface area contributed by atoms with E-state index in [2.05, 4.69) is 48.3 Å². The molecule has 0 aromatic heterocycles. The van der Waals surface area contributed by atoms with Crippen LogP contribution in [0.25, 0.3) is 0 Å². The van der Waals surface area contributed by atoms with E-state index in [1.807, 2.05) is 0 Å². The van der Waals surface area contributed by atoms with Crippen molar-refractivity contribution in [3.8, 4) is 0 Å². The summed E-state index contributed by atoms with van der Waals surface area (Å²) in [5.41, 5.74) is 2.78. The Morgan fingerprint density at radius 2 is 1.95 bits per heavy atom. The number of rotatable bonds is 8. The first-order chi connectivity index (χ1) is 10.3. The van der Waals surface area contributed by atoms with Gasteiger partial charge >= 0.3 is 0 Å². The molecule has 1 N–H and O–H groups in total. The second kappa shape index (κ2) is 9.19. The molecule has 0 radical (unpaired) electrons. The summed E-state index contributed by atoms with van der Waals surface area (Å²) in [6.45, 7) is 10.5. The highest BCUT2D eigenvalue weighted by atomic mass is 16.5. The molecule has 118 valence electrons. The van der Waals surface area contributed by atoms with Crippen LogP contribution in [0.15, 0.2) is 24.3 Å². The molecule has 1 heterocycles. The molecule has 0 bridgehead atoms. The van der Waals surface area contributed by atoms with E-state index in [1.54, 1.807) is 0 Å². The summed E-state index contributed by atoms with van der Waals surface area (Å²) in [6.07, 6.45) is 4.09. The van der Waals surface area contributed by atoms with Crippen LogP contribution < -0.4 is 5.32 Å². The maximum atomic E-state index is 5.77. The van der Waals surface area contributed by atoms with Gasteiger partial charge in [0.05, 0.1) is 6.10 Å². The predicted molar refractivity (Wildman–Crippen MR) is 88.4 cm³/mol. The number of ether oxygens (including phenoxy) is 1. The lowest BCUT2D eigenvalue weighted by Gasteiger charge is -2.32. The molecule has 1 fully saturated rings. The second-order valence-corrected chi connectivity index (χ2v) is 5.95. The highest BCUT2D eigenvalue weighted by molar-refractivity contribution is 5.22. The van der Waals surface area contributed by atoms with Gasteiger partial charge in [-0.15, -0.1) is 0 Å². The Morgan fingerprint density at radius 1 is 1.19 bits per heavy atom. The number of hydrogen-bond donors (Lipinski definition) is 1. The molecular formula is C18H30N2O. The van der Waals surface area contributed by atoms with E-state index < -0.39 is 0 Å². The number of nitrogens with zero attached hydrogens (tertiary/aromatic N) is 1. The quantitative estimate of drug-likeness (QED) is 0.744. The standard InChI is InChI=1S/C18H30N2O/c1-3-11-19-13-16-7-9-17(10-8-16)14-20-12-5-6-18(15-20)21-4-2/h7-10,18-19H,3-6,11-15H2,1-2H3. The van der Waals surface area contributed by atoms with Gasteiger partial charge in [-0.3, -0.25) is 4.90 Å². The van der Waals surface area contributed by atoms with Crippen LogP contribution in [0.4, 0.5) is 0 Å². The maximum Gasteiger partial charge on any atom is 0.0702 e. The topological polar surface area (TPSA) is 24.5 Å². The highest BCUT2D eigenvalue weighted by Crippen LogP contribution is 2.16. The zero-order chi connectivity index (χ0) is 14.9. The van der Waals surface area contributed by atoms with Crippen molar-refractivity contribution in [2.45, 2.75) is 52.3 Å². The molecule has 1 aromatic carbocycles. The normalized spacial score (nSPS) is 19.8. The summed E-state index contributed by atoms with van der Waals surface area (Å²) >= 11 is 0. The van der Waals surface area contributed by atoms with Crippen molar-refractivity contribution in [2.24, 2.45) is 0 Å². The maximum absolute atomic E-state index is 5.77. The minimum atomic E-state index is 0.432. The molecule has 1 saturated heterocycles. The first-order valence-electron chi connectivity index (χ1n) is 8.44. The van der Waals surface area contributed by atoms with Crippen molar-refractivity contribution in [1.29, 1.82) is 0 Å². The van der Waals surface area contributed by atoms with Gasteiger partial charge in [0.15, 0.2) is 0 Å². The Kier molecular flexibility index (Phi) is 7.20. The summed E-state index contributed by atoms with van der Waals surface area (Å²) in [4.78, 5) is 2.52. The van der Waals surface area contributed by atoms with Crippen molar-refractivity contribution >= 4 is 0 Å². The van der Waals surface area contributed by atoms with Gasteiger partial charge in [-0.25, -0.2) is 0 Å². The molecule has 2 rings (SSSR count). The monoisotopic (exact) mass is 290 g/mol. The predicted octanol–water partition coefficient (Wildman–Crippen LogP) is 3.19. The van der Waals surface area contributed by atoms with Crippen LogP contribution in [0.5, 0.6) is 0 Å². The van der Waals surface area contributed by atoms with E-state index in [9.17, 15) is 0 Å². The van der Waals surface area contributed by atoms with Gasteiger partial charge in [0.2, 0.25) is 0 Å². The molecule has 1 aliphatic rings. The summed E-state index contributed by atoms with van der Waals surface area (Å²) in [5.74, 6) is 0. The molecule has 1 aromatic rings. The number of piperidine rings is 1. The third-order valence-corrected chi connectivity index (χ3v) is 4.05. The van der Waals surface area contributed by atoms with E-state index in [0.717, 1.165) is 32.8 Å². The Labute approximate surface area is 129 Å². The molecule has 1 aliphatic heterocycles. The first-order valence-corrected chi connectivity index (χ1v) is 8.44. The van der Waals surface area contributed by atoms with Crippen LogP contribution in [0.3, 0.4) is 0 Å². The van der Waals surface area contributed by atoms with E-state index >= 15 is 0 Å². The lowest BCUT2D eigenvalue weighted by atomic mass is 10.1. The fraction of sp³-hybridized carbons (Fsp3) is 0.667. The molecule has 1 unspecified atom stereocenters. The lowest BCUT2D eigenvalue weighted by Crippen LogP contribution is -2.39. The second-order valence-electron chi connectivity index (χ2n) is 5.95. The number of benzene rings is 1. The molecule has 3 nitrogen and oxygen atoms in total. The Morgan fingerprint density at radius 3 is 2.67 bits per heavy atom. The van der Waals surface area contributed by atoms with Crippen molar-refractivity contribution in [3.63, 3.8) is 0 Å². The van der Waals surface area contributed by atoms with Gasteiger partial charge in [0.1, 0.15) is 0 Å². The summed E-state index contributed by atoms with van der Waals surface area (Å²) in [5, 5.41) is 3.45. The molecule has 0 amide bonds. The van der Waals surface area contributed by atoms with Crippen molar-refractivity contribution in [2.75, 3.05) is 26.2 Å².